The average Bonchev–Trinajstić information content (AvgIpc) is 2.17. The summed E-state index contributed by atoms with van der Waals surface area (Å²) in [6, 6.07) is 1.84. The molecule has 0 aromatic carbocycles. The quantitative estimate of drug-likeness (QED) is 0.641. The molecule has 0 saturated carbocycles. The minimum Gasteiger partial charge on any atom is -0.360 e. The molecule has 1 aromatic heterocycles. The highest BCUT2D eigenvalue weighted by Crippen LogP contribution is 2.09. The molecule has 0 radical (unpaired) electrons. The van der Waals surface area contributed by atoms with Crippen LogP contribution in [0.5, 0.6) is 0 Å². The van der Waals surface area contributed by atoms with Gasteiger partial charge in [-0.2, -0.15) is 0 Å². The molecule has 0 spiro atoms. The lowest BCUT2D eigenvalue weighted by Gasteiger charge is -1.89. The zero-order chi connectivity index (χ0) is 6.69. The van der Waals surface area contributed by atoms with Crippen molar-refractivity contribution in [2.45, 2.75) is 6.92 Å². The van der Waals surface area contributed by atoms with Crippen LogP contribution in [0.4, 0.5) is 5.82 Å². The van der Waals surface area contributed by atoms with Crippen LogP contribution in [0.15, 0.2) is 10.6 Å². The van der Waals surface area contributed by atoms with E-state index >= 15 is 0 Å². The van der Waals surface area contributed by atoms with Gasteiger partial charge in [0.15, 0.2) is 5.82 Å². The van der Waals surface area contributed by atoms with Crippen molar-refractivity contribution in [1.82, 2.24) is 5.16 Å². The van der Waals surface area contributed by atoms with E-state index in [2.05, 4.69) is 9.88 Å². The van der Waals surface area contributed by atoms with Gasteiger partial charge in [0, 0.05) is 12.3 Å². The zero-order valence-electron chi connectivity index (χ0n) is 5.34. The minimum atomic E-state index is 0.778. The summed E-state index contributed by atoms with van der Waals surface area (Å²) in [6.07, 6.45) is 1.93. The van der Waals surface area contributed by atoms with Crippen LogP contribution in [0, 0.1) is 6.92 Å². The molecule has 0 fully saturated rings. The van der Waals surface area contributed by atoms with Crippen LogP contribution in [0.2, 0.25) is 0 Å². The van der Waals surface area contributed by atoms with Crippen molar-refractivity contribution in [3.05, 3.63) is 11.8 Å². The molecular formula is C5H8N2OS. The van der Waals surface area contributed by atoms with E-state index in [4.69, 9.17) is 4.52 Å². The maximum atomic E-state index is 4.79. The Morgan fingerprint density at radius 1 is 1.78 bits per heavy atom. The average molecular weight is 144 g/mol. The molecule has 1 rings (SSSR count). The van der Waals surface area contributed by atoms with Gasteiger partial charge < -0.3 is 9.25 Å². The van der Waals surface area contributed by atoms with E-state index in [1.807, 2.05) is 19.2 Å². The van der Waals surface area contributed by atoms with Crippen molar-refractivity contribution >= 4 is 17.8 Å². The Balaban J connectivity index is 2.61. The van der Waals surface area contributed by atoms with E-state index in [1.54, 1.807) is 0 Å². The zero-order valence-corrected chi connectivity index (χ0v) is 6.16. The number of hydrogen-bond acceptors (Lipinski definition) is 4. The third-order valence-corrected chi connectivity index (χ3v) is 1.25. The Morgan fingerprint density at radius 2 is 2.56 bits per heavy atom. The first kappa shape index (κ1) is 6.48. The van der Waals surface area contributed by atoms with Gasteiger partial charge in [-0.1, -0.05) is 17.1 Å². The third kappa shape index (κ3) is 1.64. The van der Waals surface area contributed by atoms with Crippen molar-refractivity contribution in [1.29, 1.82) is 0 Å². The van der Waals surface area contributed by atoms with E-state index in [9.17, 15) is 0 Å². The van der Waals surface area contributed by atoms with Gasteiger partial charge in [0.05, 0.1) is 0 Å². The van der Waals surface area contributed by atoms with E-state index in [0.717, 1.165) is 11.6 Å². The molecule has 1 aromatic rings. The van der Waals surface area contributed by atoms with Gasteiger partial charge in [-0.05, 0) is 6.92 Å². The summed E-state index contributed by atoms with van der Waals surface area (Å²) < 4.78 is 7.73. The number of anilines is 1. The molecule has 0 atom stereocenters. The van der Waals surface area contributed by atoms with Gasteiger partial charge in [0.25, 0.3) is 0 Å². The molecule has 50 valence electrons. The summed E-state index contributed by atoms with van der Waals surface area (Å²) in [7, 11) is 0. The Kier molecular flexibility index (Phi) is 2.00. The van der Waals surface area contributed by atoms with Crippen molar-refractivity contribution in [2.75, 3.05) is 11.0 Å². The molecule has 0 bridgehead atoms. The monoisotopic (exact) mass is 144 g/mol. The van der Waals surface area contributed by atoms with Crippen LogP contribution >= 0.6 is 11.9 Å². The molecule has 0 saturated heterocycles. The van der Waals surface area contributed by atoms with Crippen LogP contribution in [0.25, 0.3) is 0 Å². The summed E-state index contributed by atoms with van der Waals surface area (Å²) in [4.78, 5) is 0. The second kappa shape index (κ2) is 2.77. The Bertz CT molecular complexity index is 187. The Labute approximate surface area is 57.9 Å². The molecule has 1 heterocycles. The van der Waals surface area contributed by atoms with E-state index < -0.39 is 0 Å². The molecular weight excluding hydrogens is 136 g/mol. The summed E-state index contributed by atoms with van der Waals surface area (Å²) in [5.74, 6) is 1.60. The van der Waals surface area contributed by atoms with E-state index in [-0.39, 0.29) is 0 Å². The Hall–Kier alpha value is -0.640. The van der Waals surface area contributed by atoms with Crippen LogP contribution in [0.1, 0.15) is 5.76 Å². The number of rotatable bonds is 2. The van der Waals surface area contributed by atoms with Crippen LogP contribution < -0.4 is 4.72 Å². The van der Waals surface area contributed by atoms with Gasteiger partial charge in [0.2, 0.25) is 0 Å². The third-order valence-electron chi connectivity index (χ3n) is 0.835. The number of nitrogens with one attached hydrogen (secondary N) is 1. The lowest BCUT2D eigenvalue weighted by molar-refractivity contribution is 0.400. The number of aromatic nitrogens is 1. The maximum Gasteiger partial charge on any atom is 0.179 e. The smallest absolute Gasteiger partial charge is 0.179 e. The lowest BCUT2D eigenvalue weighted by atomic mass is 10.5. The van der Waals surface area contributed by atoms with Crippen LogP contribution in [-0.2, 0) is 0 Å². The fourth-order valence-electron chi connectivity index (χ4n) is 0.519. The van der Waals surface area contributed by atoms with Crippen molar-refractivity contribution in [3.8, 4) is 0 Å². The second-order valence-corrected chi connectivity index (χ2v) is 2.24. The highest BCUT2D eigenvalue weighted by molar-refractivity contribution is 7.99. The topological polar surface area (TPSA) is 38.1 Å². The predicted molar refractivity (Wildman–Crippen MR) is 38.4 cm³/mol. The fraction of sp³-hybridized carbons (Fsp3) is 0.400. The van der Waals surface area contributed by atoms with Crippen molar-refractivity contribution in [2.24, 2.45) is 0 Å². The van der Waals surface area contributed by atoms with Gasteiger partial charge in [-0.3, -0.25) is 0 Å². The second-order valence-electron chi connectivity index (χ2n) is 1.63. The first-order valence-corrected chi connectivity index (χ1v) is 3.77. The van der Waals surface area contributed by atoms with Gasteiger partial charge in [0.1, 0.15) is 5.76 Å². The van der Waals surface area contributed by atoms with Crippen molar-refractivity contribution < 1.29 is 4.52 Å². The molecule has 3 nitrogen and oxygen atoms in total. The first-order valence-electron chi connectivity index (χ1n) is 2.55. The molecule has 0 amide bonds. The highest BCUT2D eigenvalue weighted by atomic mass is 32.2. The number of aryl methyl sites for hydroxylation is 1. The maximum absolute atomic E-state index is 4.79. The lowest BCUT2D eigenvalue weighted by Crippen LogP contribution is -1.81. The Morgan fingerprint density at radius 3 is 3.00 bits per heavy atom. The molecule has 0 aliphatic carbocycles. The SMILES string of the molecule is CSNc1cc(C)on1. The summed E-state index contributed by atoms with van der Waals surface area (Å²) >= 11 is 1.50. The number of nitrogens with zero attached hydrogens (tertiary/aromatic N) is 1. The standard InChI is InChI=1S/C5H8N2OS/c1-4-3-5(6-8-4)7-9-2/h3H,1-2H3,(H,6,7). The summed E-state index contributed by atoms with van der Waals surface area (Å²) in [5.41, 5.74) is 0. The van der Waals surface area contributed by atoms with Crippen LogP contribution in [0.3, 0.4) is 0 Å². The van der Waals surface area contributed by atoms with Crippen LogP contribution in [-0.4, -0.2) is 11.4 Å². The van der Waals surface area contributed by atoms with Gasteiger partial charge in [-0.25, -0.2) is 0 Å². The van der Waals surface area contributed by atoms with E-state index in [1.165, 1.54) is 11.9 Å². The van der Waals surface area contributed by atoms with Crippen molar-refractivity contribution in [3.63, 3.8) is 0 Å². The van der Waals surface area contributed by atoms with Gasteiger partial charge >= 0.3 is 0 Å². The fourth-order valence-corrected chi connectivity index (χ4v) is 0.824. The summed E-state index contributed by atoms with van der Waals surface area (Å²) in [5, 5.41) is 3.70. The molecule has 0 aliphatic heterocycles. The predicted octanol–water partition coefficient (Wildman–Crippen LogP) is 1.67. The minimum absolute atomic E-state index is 0.778. The molecule has 9 heavy (non-hydrogen) atoms. The molecule has 1 N–H and O–H groups in total. The number of hydrogen-bond donors (Lipinski definition) is 1. The normalized spacial score (nSPS) is 9.56. The summed E-state index contributed by atoms with van der Waals surface area (Å²) in [6.45, 7) is 1.86. The molecule has 4 heteroatoms. The first-order chi connectivity index (χ1) is 4.33. The highest BCUT2D eigenvalue weighted by Gasteiger charge is 1.95. The van der Waals surface area contributed by atoms with E-state index in [0.29, 0.717) is 0 Å². The molecule has 0 unspecified atom stereocenters. The van der Waals surface area contributed by atoms with Gasteiger partial charge in [-0.15, -0.1) is 0 Å². The largest absolute Gasteiger partial charge is 0.360 e. The molecule has 0 aliphatic rings.